The van der Waals surface area contributed by atoms with E-state index in [0.29, 0.717) is 10.1 Å². The molecule has 0 atom stereocenters. The average Bonchev–Trinajstić information content (AvgIpc) is 2.58. The Labute approximate surface area is 107 Å². The molecule has 5 nitrogen and oxygen atoms in total. The molecule has 2 heterocycles. The van der Waals surface area contributed by atoms with Gasteiger partial charge in [0.15, 0.2) is 5.65 Å². The minimum Gasteiger partial charge on any atom is -0.478 e. The number of carboxylic acid groups (broad SMARTS) is 1. The van der Waals surface area contributed by atoms with Crippen LogP contribution in [0.5, 0.6) is 0 Å². The first-order chi connectivity index (χ1) is 7.80. The Bertz CT molecular complexity index is 599. The maximum Gasteiger partial charge on any atom is 0.339 e. The summed E-state index contributed by atoms with van der Waals surface area (Å²) < 4.78 is 2.40. The monoisotopic (exact) mass is 297 g/mol. The molecule has 2 rings (SSSR count). The minimum atomic E-state index is -1.01. The lowest BCUT2D eigenvalue weighted by Crippen LogP contribution is -2.16. The Balaban J connectivity index is 2.83. The maximum atomic E-state index is 11.1. The van der Waals surface area contributed by atoms with E-state index in [0.717, 1.165) is 5.82 Å². The van der Waals surface area contributed by atoms with Gasteiger partial charge in [-0.2, -0.15) is 0 Å². The van der Waals surface area contributed by atoms with E-state index in [1.807, 2.05) is 20.8 Å². The van der Waals surface area contributed by atoms with E-state index in [-0.39, 0.29) is 11.0 Å². The first-order valence-corrected chi connectivity index (χ1v) is 5.88. The summed E-state index contributed by atoms with van der Waals surface area (Å²) in [6.45, 7) is 6.01. The Kier molecular flexibility index (Phi) is 2.69. The quantitative estimate of drug-likeness (QED) is 0.878. The smallest absolute Gasteiger partial charge is 0.339 e. The van der Waals surface area contributed by atoms with E-state index >= 15 is 0 Å². The number of hydrogen-bond acceptors (Lipinski definition) is 3. The van der Waals surface area contributed by atoms with Crippen LogP contribution in [0.25, 0.3) is 5.65 Å². The van der Waals surface area contributed by atoms with Crippen molar-refractivity contribution < 1.29 is 9.90 Å². The molecule has 90 valence electrons. The number of halogens is 1. The highest BCUT2D eigenvalue weighted by atomic mass is 79.9. The average molecular weight is 298 g/mol. The molecule has 2 aromatic heterocycles. The molecule has 0 aromatic carbocycles. The van der Waals surface area contributed by atoms with Gasteiger partial charge in [0.2, 0.25) is 0 Å². The molecule has 17 heavy (non-hydrogen) atoms. The second-order valence-corrected chi connectivity index (χ2v) is 5.76. The fourth-order valence-corrected chi connectivity index (χ4v) is 2.06. The summed E-state index contributed by atoms with van der Waals surface area (Å²) in [5.74, 6) is -0.277. The molecule has 0 aliphatic carbocycles. The van der Waals surface area contributed by atoms with Gasteiger partial charge in [-0.25, -0.2) is 4.79 Å². The van der Waals surface area contributed by atoms with E-state index < -0.39 is 5.97 Å². The molecule has 0 bridgehead atoms. The van der Waals surface area contributed by atoms with E-state index in [1.165, 1.54) is 6.07 Å². The third-order valence-electron chi connectivity index (χ3n) is 2.37. The van der Waals surface area contributed by atoms with Gasteiger partial charge in [0.25, 0.3) is 0 Å². The van der Waals surface area contributed by atoms with Crippen LogP contribution in [0, 0.1) is 0 Å². The van der Waals surface area contributed by atoms with Gasteiger partial charge < -0.3 is 5.11 Å². The summed E-state index contributed by atoms with van der Waals surface area (Å²) in [5.41, 5.74) is 0.309. The highest BCUT2D eigenvalue weighted by Crippen LogP contribution is 2.24. The molecule has 0 radical (unpaired) electrons. The summed E-state index contributed by atoms with van der Waals surface area (Å²) in [6.07, 6.45) is 1.78. The van der Waals surface area contributed by atoms with Crippen molar-refractivity contribution in [3.63, 3.8) is 0 Å². The molecule has 0 spiro atoms. The Morgan fingerprint density at radius 2 is 2.06 bits per heavy atom. The maximum absolute atomic E-state index is 11.1. The van der Waals surface area contributed by atoms with Crippen molar-refractivity contribution in [2.24, 2.45) is 0 Å². The number of carboxylic acids is 1. The van der Waals surface area contributed by atoms with Crippen LogP contribution in [-0.4, -0.2) is 25.7 Å². The summed E-state index contributed by atoms with van der Waals surface area (Å²) >= 11 is 3.30. The van der Waals surface area contributed by atoms with Crippen LogP contribution in [0.1, 0.15) is 37.0 Å². The van der Waals surface area contributed by atoms with Crippen molar-refractivity contribution in [3.8, 4) is 0 Å². The molecule has 0 amide bonds. The molecule has 2 aromatic rings. The van der Waals surface area contributed by atoms with Crippen LogP contribution in [-0.2, 0) is 5.41 Å². The van der Waals surface area contributed by atoms with Crippen molar-refractivity contribution in [1.82, 2.24) is 14.6 Å². The number of pyridine rings is 1. The van der Waals surface area contributed by atoms with Crippen molar-refractivity contribution in [3.05, 3.63) is 28.1 Å². The lowest BCUT2D eigenvalue weighted by molar-refractivity contribution is 0.0698. The molecule has 0 aliphatic heterocycles. The zero-order valence-electron chi connectivity index (χ0n) is 9.73. The van der Waals surface area contributed by atoms with Crippen LogP contribution < -0.4 is 0 Å². The van der Waals surface area contributed by atoms with Crippen molar-refractivity contribution in [2.45, 2.75) is 26.2 Å². The first kappa shape index (κ1) is 12.0. The molecule has 1 N–H and O–H groups in total. The topological polar surface area (TPSA) is 67.5 Å². The molecule has 6 heteroatoms. The number of nitrogens with zero attached hydrogens (tertiary/aromatic N) is 3. The van der Waals surface area contributed by atoms with Crippen LogP contribution in [0.15, 0.2) is 16.7 Å². The van der Waals surface area contributed by atoms with E-state index in [1.54, 1.807) is 10.6 Å². The van der Waals surface area contributed by atoms with Crippen LogP contribution in [0.3, 0.4) is 0 Å². The highest BCUT2D eigenvalue weighted by Gasteiger charge is 2.23. The molecule has 0 unspecified atom stereocenters. The van der Waals surface area contributed by atoms with Gasteiger partial charge in [-0.3, -0.25) is 4.40 Å². The van der Waals surface area contributed by atoms with E-state index in [4.69, 9.17) is 5.11 Å². The van der Waals surface area contributed by atoms with Gasteiger partial charge in [-0.15, -0.1) is 10.2 Å². The Morgan fingerprint density at radius 1 is 1.41 bits per heavy atom. The summed E-state index contributed by atoms with van der Waals surface area (Å²) in [6, 6.07) is 1.53. The van der Waals surface area contributed by atoms with Crippen molar-refractivity contribution >= 4 is 27.5 Å². The number of aromatic nitrogens is 3. The first-order valence-electron chi connectivity index (χ1n) is 5.09. The Morgan fingerprint density at radius 3 is 2.59 bits per heavy atom. The van der Waals surface area contributed by atoms with Crippen LogP contribution >= 0.6 is 15.9 Å². The number of fused-ring (bicyclic) bond motifs is 1. The number of aromatic carboxylic acids is 1. The molecule has 0 aliphatic rings. The summed E-state index contributed by atoms with van der Waals surface area (Å²) in [7, 11) is 0. The normalized spacial score (nSPS) is 12.0. The van der Waals surface area contributed by atoms with Crippen LogP contribution in [0.2, 0.25) is 0 Å². The third kappa shape index (κ3) is 2.04. The van der Waals surface area contributed by atoms with Gasteiger partial charge in [-0.05, 0) is 22.0 Å². The zero-order chi connectivity index (χ0) is 12.8. The highest BCUT2D eigenvalue weighted by molar-refractivity contribution is 9.10. The lowest BCUT2D eigenvalue weighted by Gasteiger charge is -2.15. The predicted octanol–water partition coefficient (Wildman–Crippen LogP) is 2.49. The standard InChI is InChI=1S/C11H12BrN3O2/c1-11(2,3)10-14-13-8-7(9(16)17)4-6(12)5-15(8)10/h4-5H,1-3H3,(H,16,17). The van der Waals surface area contributed by atoms with E-state index in [2.05, 4.69) is 26.1 Å². The van der Waals surface area contributed by atoms with Gasteiger partial charge in [0.05, 0.1) is 0 Å². The summed E-state index contributed by atoms with van der Waals surface area (Å²) in [5, 5.41) is 17.2. The largest absolute Gasteiger partial charge is 0.478 e. The number of rotatable bonds is 1. The second-order valence-electron chi connectivity index (χ2n) is 4.84. The van der Waals surface area contributed by atoms with Crippen LogP contribution in [0.4, 0.5) is 0 Å². The Hall–Kier alpha value is -1.43. The molecule has 0 saturated heterocycles. The fraction of sp³-hybridized carbons (Fsp3) is 0.364. The molecular weight excluding hydrogens is 286 g/mol. The molecule has 0 saturated carbocycles. The van der Waals surface area contributed by atoms with Gasteiger partial charge in [0.1, 0.15) is 11.4 Å². The van der Waals surface area contributed by atoms with Gasteiger partial charge in [-0.1, -0.05) is 20.8 Å². The lowest BCUT2D eigenvalue weighted by atomic mass is 9.96. The zero-order valence-corrected chi connectivity index (χ0v) is 11.3. The summed E-state index contributed by atoms with van der Waals surface area (Å²) in [4.78, 5) is 11.1. The van der Waals surface area contributed by atoms with Gasteiger partial charge in [0, 0.05) is 16.1 Å². The number of hydrogen-bond donors (Lipinski definition) is 1. The minimum absolute atomic E-state index is 0.141. The van der Waals surface area contributed by atoms with Gasteiger partial charge >= 0.3 is 5.97 Å². The third-order valence-corrected chi connectivity index (χ3v) is 2.81. The predicted molar refractivity (Wildman–Crippen MR) is 66.3 cm³/mol. The second kappa shape index (κ2) is 3.80. The fourth-order valence-electron chi connectivity index (χ4n) is 1.63. The van der Waals surface area contributed by atoms with Crippen molar-refractivity contribution in [1.29, 1.82) is 0 Å². The van der Waals surface area contributed by atoms with E-state index in [9.17, 15) is 4.79 Å². The molecule has 0 fully saturated rings. The SMILES string of the molecule is CC(C)(C)c1nnc2c(C(=O)O)cc(Br)cn12. The molecular formula is C11H12BrN3O2. The number of carbonyl (C=O) groups is 1. The van der Waals surface area contributed by atoms with Crippen molar-refractivity contribution in [2.75, 3.05) is 0 Å².